The lowest BCUT2D eigenvalue weighted by Crippen LogP contribution is -2.23. The lowest BCUT2D eigenvalue weighted by molar-refractivity contribution is 0.274. The van der Waals surface area contributed by atoms with Crippen molar-refractivity contribution in [1.82, 2.24) is 9.55 Å². The fourth-order valence-corrected chi connectivity index (χ4v) is 1.59. The Hall–Kier alpha value is -1.01. The molecule has 70 valence electrons. The second kappa shape index (κ2) is 3.39. The quantitative estimate of drug-likeness (QED) is 0.608. The Balaban J connectivity index is 2.21. The first-order valence-corrected chi connectivity index (χ1v) is 4.34. The smallest absolute Gasteiger partial charge is 0.498 e. The molecule has 0 spiro atoms. The van der Waals surface area contributed by atoms with E-state index in [2.05, 4.69) is 4.98 Å². The SMILES string of the molecule is OB(O)Oc1cnc2n1CCCC2. The Morgan fingerprint density at radius 2 is 2.31 bits per heavy atom. The molecule has 6 heteroatoms. The molecule has 2 N–H and O–H groups in total. The third-order valence-electron chi connectivity index (χ3n) is 2.16. The molecule has 0 aromatic carbocycles. The van der Waals surface area contributed by atoms with E-state index < -0.39 is 7.32 Å². The van der Waals surface area contributed by atoms with Gasteiger partial charge in [0.15, 0.2) is 5.88 Å². The Morgan fingerprint density at radius 1 is 1.46 bits per heavy atom. The average Bonchev–Trinajstić information content (AvgIpc) is 2.48. The molecular weight excluding hydrogens is 171 g/mol. The second-order valence-corrected chi connectivity index (χ2v) is 3.07. The molecule has 2 rings (SSSR count). The van der Waals surface area contributed by atoms with E-state index in [1.165, 1.54) is 6.20 Å². The molecule has 1 aromatic rings. The summed E-state index contributed by atoms with van der Waals surface area (Å²) < 4.78 is 6.64. The molecule has 0 unspecified atom stereocenters. The molecule has 0 bridgehead atoms. The fourth-order valence-electron chi connectivity index (χ4n) is 1.59. The first-order chi connectivity index (χ1) is 6.27. The van der Waals surface area contributed by atoms with Gasteiger partial charge in [0, 0.05) is 13.0 Å². The third-order valence-corrected chi connectivity index (χ3v) is 2.16. The van der Waals surface area contributed by atoms with Crippen molar-refractivity contribution in [3.8, 4) is 5.88 Å². The Morgan fingerprint density at radius 3 is 3.08 bits per heavy atom. The van der Waals surface area contributed by atoms with Gasteiger partial charge in [0.2, 0.25) is 0 Å². The highest BCUT2D eigenvalue weighted by molar-refractivity contribution is 6.33. The molecule has 0 radical (unpaired) electrons. The van der Waals surface area contributed by atoms with E-state index in [0.717, 1.165) is 31.6 Å². The van der Waals surface area contributed by atoms with E-state index in [0.29, 0.717) is 5.88 Å². The molecule has 0 fully saturated rings. The summed E-state index contributed by atoms with van der Waals surface area (Å²) in [6.07, 6.45) is 4.68. The predicted molar refractivity (Wildman–Crippen MR) is 46.0 cm³/mol. The number of imidazole rings is 1. The van der Waals surface area contributed by atoms with Crippen LogP contribution in [-0.4, -0.2) is 26.9 Å². The highest BCUT2D eigenvalue weighted by Gasteiger charge is 2.19. The fraction of sp³-hybridized carbons (Fsp3) is 0.571. The van der Waals surface area contributed by atoms with Crippen molar-refractivity contribution in [2.45, 2.75) is 25.8 Å². The zero-order chi connectivity index (χ0) is 9.26. The zero-order valence-electron chi connectivity index (χ0n) is 7.18. The maximum Gasteiger partial charge on any atom is 0.708 e. The van der Waals surface area contributed by atoms with E-state index in [4.69, 9.17) is 14.7 Å². The summed E-state index contributed by atoms with van der Waals surface area (Å²) >= 11 is 0. The van der Waals surface area contributed by atoms with Gasteiger partial charge in [-0.15, -0.1) is 0 Å². The van der Waals surface area contributed by atoms with Gasteiger partial charge in [-0.1, -0.05) is 0 Å². The number of fused-ring (bicyclic) bond motifs is 1. The second-order valence-electron chi connectivity index (χ2n) is 3.07. The lowest BCUT2D eigenvalue weighted by atomic mass is 10.2. The van der Waals surface area contributed by atoms with Crippen molar-refractivity contribution in [1.29, 1.82) is 0 Å². The van der Waals surface area contributed by atoms with Crippen LogP contribution in [0.4, 0.5) is 0 Å². The third kappa shape index (κ3) is 1.68. The summed E-state index contributed by atoms with van der Waals surface area (Å²) in [4.78, 5) is 4.13. The van der Waals surface area contributed by atoms with E-state index in [1.807, 2.05) is 4.57 Å². The number of nitrogens with zero attached hydrogens (tertiary/aromatic N) is 2. The van der Waals surface area contributed by atoms with Crippen LogP contribution >= 0.6 is 0 Å². The molecule has 0 saturated carbocycles. The van der Waals surface area contributed by atoms with Crippen LogP contribution in [0.5, 0.6) is 5.88 Å². The number of aryl methyl sites for hydroxylation is 1. The number of aromatic nitrogens is 2. The molecule has 1 aromatic heterocycles. The number of rotatable bonds is 2. The molecule has 0 amide bonds. The van der Waals surface area contributed by atoms with E-state index in [1.54, 1.807) is 0 Å². The van der Waals surface area contributed by atoms with Crippen molar-refractivity contribution < 1.29 is 14.7 Å². The Labute approximate surface area is 76.2 Å². The first-order valence-electron chi connectivity index (χ1n) is 4.34. The van der Waals surface area contributed by atoms with Crippen LogP contribution in [0, 0.1) is 0 Å². The summed E-state index contributed by atoms with van der Waals surface area (Å²) in [5.74, 6) is 1.40. The highest BCUT2D eigenvalue weighted by Crippen LogP contribution is 2.21. The monoisotopic (exact) mass is 182 g/mol. The van der Waals surface area contributed by atoms with Gasteiger partial charge in [0.05, 0.1) is 6.20 Å². The summed E-state index contributed by atoms with van der Waals surface area (Å²) in [5.41, 5.74) is 0. The number of hydrogen-bond acceptors (Lipinski definition) is 4. The summed E-state index contributed by atoms with van der Waals surface area (Å²) in [5, 5.41) is 17.2. The summed E-state index contributed by atoms with van der Waals surface area (Å²) in [7, 11) is -1.76. The van der Waals surface area contributed by atoms with Gasteiger partial charge >= 0.3 is 7.32 Å². The maximum atomic E-state index is 8.62. The molecule has 1 aliphatic rings. The van der Waals surface area contributed by atoms with E-state index in [9.17, 15) is 0 Å². The molecule has 0 aliphatic carbocycles. The summed E-state index contributed by atoms with van der Waals surface area (Å²) in [6, 6.07) is 0. The molecule has 1 aliphatic heterocycles. The standard InChI is InChI=1S/C7H11BN2O3/c11-8(12)13-7-5-9-6-3-1-2-4-10(6)7/h5,11-12H,1-4H2. The average molecular weight is 182 g/mol. The van der Waals surface area contributed by atoms with Gasteiger partial charge < -0.3 is 19.3 Å². The van der Waals surface area contributed by atoms with Gasteiger partial charge in [-0.2, -0.15) is 0 Å². The molecule has 0 saturated heterocycles. The van der Waals surface area contributed by atoms with Crippen LogP contribution in [0.1, 0.15) is 18.7 Å². The minimum atomic E-state index is -1.76. The van der Waals surface area contributed by atoms with Crippen molar-refractivity contribution in [3.63, 3.8) is 0 Å². The largest absolute Gasteiger partial charge is 0.708 e. The normalized spacial score (nSPS) is 15.2. The summed E-state index contributed by atoms with van der Waals surface area (Å²) in [6.45, 7) is 0.845. The minimum Gasteiger partial charge on any atom is -0.498 e. The van der Waals surface area contributed by atoms with Gasteiger partial charge in [0.25, 0.3) is 0 Å². The Bertz CT molecular complexity index is 300. The lowest BCUT2D eigenvalue weighted by Gasteiger charge is -2.16. The highest BCUT2D eigenvalue weighted by atomic mass is 16.6. The van der Waals surface area contributed by atoms with Gasteiger partial charge in [0.1, 0.15) is 5.82 Å². The molecular formula is C7H11BN2O3. The van der Waals surface area contributed by atoms with Crippen molar-refractivity contribution in [2.24, 2.45) is 0 Å². The van der Waals surface area contributed by atoms with Gasteiger partial charge in [-0.25, -0.2) is 4.98 Å². The van der Waals surface area contributed by atoms with Crippen LogP contribution < -0.4 is 4.65 Å². The Kier molecular flexibility index (Phi) is 2.24. The van der Waals surface area contributed by atoms with Crippen LogP contribution in [-0.2, 0) is 13.0 Å². The van der Waals surface area contributed by atoms with Crippen LogP contribution in [0.3, 0.4) is 0 Å². The van der Waals surface area contributed by atoms with Gasteiger partial charge in [-0.3, -0.25) is 0 Å². The minimum absolute atomic E-state index is 0.435. The van der Waals surface area contributed by atoms with Crippen molar-refractivity contribution in [2.75, 3.05) is 0 Å². The van der Waals surface area contributed by atoms with Crippen molar-refractivity contribution >= 4 is 7.32 Å². The molecule has 5 nitrogen and oxygen atoms in total. The van der Waals surface area contributed by atoms with Crippen LogP contribution in [0.2, 0.25) is 0 Å². The molecule has 13 heavy (non-hydrogen) atoms. The molecule has 2 heterocycles. The van der Waals surface area contributed by atoms with Crippen LogP contribution in [0.25, 0.3) is 0 Å². The maximum absolute atomic E-state index is 8.62. The van der Waals surface area contributed by atoms with Gasteiger partial charge in [-0.05, 0) is 12.8 Å². The van der Waals surface area contributed by atoms with Crippen LogP contribution in [0.15, 0.2) is 6.20 Å². The number of hydrogen-bond donors (Lipinski definition) is 2. The first kappa shape index (κ1) is 8.59. The zero-order valence-corrected chi connectivity index (χ0v) is 7.18. The predicted octanol–water partition coefficient (Wildman–Crippen LogP) is -0.432. The van der Waals surface area contributed by atoms with Crippen molar-refractivity contribution in [3.05, 3.63) is 12.0 Å². The van der Waals surface area contributed by atoms with E-state index in [-0.39, 0.29) is 0 Å². The molecule has 0 atom stereocenters. The topological polar surface area (TPSA) is 67.5 Å². The van der Waals surface area contributed by atoms with E-state index >= 15 is 0 Å².